The number of hydrogen-bond acceptors (Lipinski definition) is 4. The maximum Gasteiger partial charge on any atom is 0.326 e. The van der Waals surface area contributed by atoms with E-state index in [1.807, 2.05) is 18.4 Å². The third-order valence-corrected chi connectivity index (χ3v) is 3.87. The predicted molar refractivity (Wildman–Crippen MR) is 79.9 cm³/mol. The zero-order chi connectivity index (χ0) is 15.2. The lowest BCUT2D eigenvalue weighted by molar-refractivity contribution is -0.141. The van der Waals surface area contributed by atoms with Crippen LogP contribution in [0, 0.1) is 6.92 Å². The molecule has 2 rings (SSSR count). The number of hydrogen-bond donors (Lipinski definition) is 3. The van der Waals surface area contributed by atoms with Crippen molar-refractivity contribution in [3.8, 4) is 0 Å². The fourth-order valence-corrected chi connectivity index (χ4v) is 2.56. The van der Waals surface area contributed by atoms with Crippen molar-refractivity contribution in [1.82, 2.24) is 15.3 Å². The number of nitrogens with zero attached hydrogens (tertiary/aromatic N) is 1. The second-order valence-corrected chi connectivity index (χ2v) is 5.43. The molecule has 0 saturated carbocycles. The monoisotopic (exact) mass is 305 g/mol. The van der Waals surface area contributed by atoms with E-state index in [1.165, 1.54) is 29.9 Å². The highest BCUT2D eigenvalue weighted by Gasteiger charge is 2.19. The van der Waals surface area contributed by atoms with E-state index in [1.54, 1.807) is 6.08 Å². The van der Waals surface area contributed by atoms with E-state index in [4.69, 9.17) is 5.11 Å². The maximum atomic E-state index is 11.8. The Balaban J connectivity index is 1.97. The van der Waals surface area contributed by atoms with Crippen LogP contribution in [0.25, 0.3) is 6.08 Å². The summed E-state index contributed by atoms with van der Waals surface area (Å²) in [7, 11) is 0. The third-order valence-electron chi connectivity index (χ3n) is 2.88. The van der Waals surface area contributed by atoms with Gasteiger partial charge in [0, 0.05) is 29.3 Å². The fraction of sp³-hybridized carbons (Fsp3) is 0.214. The van der Waals surface area contributed by atoms with E-state index in [0.717, 1.165) is 10.4 Å². The van der Waals surface area contributed by atoms with Crippen molar-refractivity contribution in [2.45, 2.75) is 19.4 Å². The van der Waals surface area contributed by atoms with Gasteiger partial charge in [0.05, 0.1) is 6.33 Å². The molecule has 0 radical (unpaired) electrons. The number of carboxylic acids is 1. The minimum absolute atomic E-state index is 0.160. The molecule has 0 aliphatic carbocycles. The van der Waals surface area contributed by atoms with Crippen LogP contribution in [0.4, 0.5) is 0 Å². The molecule has 0 aliphatic heterocycles. The van der Waals surface area contributed by atoms with Crippen LogP contribution in [0.3, 0.4) is 0 Å². The van der Waals surface area contributed by atoms with Crippen LogP contribution in [-0.4, -0.2) is 33.0 Å². The fourth-order valence-electron chi connectivity index (χ4n) is 1.74. The summed E-state index contributed by atoms with van der Waals surface area (Å²) in [4.78, 5) is 30.6. The maximum absolute atomic E-state index is 11.8. The first kappa shape index (κ1) is 15.0. The number of nitrogens with one attached hydrogen (secondary N) is 2. The standard InChI is InChI=1S/C14H15N3O3S/c1-9-4-5-21-12(9)2-3-13(18)17-11(14(19)20)6-10-7-15-8-16-10/h2-5,7-8,11H,6H2,1H3,(H,15,16)(H,17,18)(H,19,20)/b3-2+/t11-/m1/s1. The van der Waals surface area contributed by atoms with Crippen LogP contribution in [0.1, 0.15) is 16.1 Å². The van der Waals surface area contributed by atoms with E-state index in [0.29, 0.717) is 5.69 Å². The van der Waals surface area contributed by atoms with Gasteiger partial charge in [-0.25, -0.2) is 9.78 Å². The van der Waals surface area contributed by atoms with Crippen LogP contribution in [0.2, 0.25) is 0 Å². The van der Waals surface area contributed by atoms with Crippen molar-refractivity contribution in [2.75, 3.05) is 0 Å². The molecule has 0 spiro atoms. The van der Waals surface area contributed by atoms with E-state index in [-0.39, 0.29) is 6.42 Å². The first-order chi connectivity index (χ1) is 10.1. The van der Waals surface area contributed by atoms with Gasteiger partial charge < -0.3 is 15.4 Å². The molecule has 0 aromatic carbocycles. The normalized spacial score (nSPS) is 12.4. The van der Waals surface area contributed by atoms with Crippen molar-refractivity contribution in [3.05, 3.63) is 46.2 Å². The van der Waals surface area contributed by atoms with Gasteiger partial charge in [-0.1, -0.05) is 0 Å². The Kier molecular flexibility index (Phi) is 4.89. The second-order valence-electron chi connectivity index (χ2n) is 4.48. The lowest BCUT2D eigenvalue weighted by Gasteiger charge is -2.11. The van der Waals surface area contributed by atoms with Crippen molar-refractivity contribution < 1.29 is 14.7 Å². The number of aromatic nitrogens is 2. The Labute approximate surface area is 125 Å². The van der Waals surface area contributed by atoms with Gasteiger partial charge in [-0.2, -0.15) is 0 Å². The number of aliphatic carboxylic acids is 1. The Morgan fingerprint density at radius 2 is 2.38 bits per heavy atom. The number of H-pyrrole nitrogens is 1. The molecule has 110 valence electrons. The number of aryl methyl sites for hydroxylation is 1. The molecule has 0 aliphatic rings. The minimum Gasteiger partial charge on any atom is -0.480 e. The molecule has 0 fully saturated rings. The SMILES string of the molecule is Cc1ccsc1/C=C/C(=O)N[C@H](Cc1cnc[nH]1)C(=O)O. The number of amides is 1. The second kappa shape index (κ2) is 6.85. The number of carbonyl (C=O) groups excluding carboxylic acids is 1. The van der Waals surface area contributed by atoms with Crippen LogP contribution in [0.15, 0.2) is 30.0 Å². The summed E-state index contributed by atoms with van der Waals surface area (Å²) in [5, 5.41) is 13.6. The molecule has 2 heterocycles. The van der Waals surface area contributed by atoms with Gasteiger partial charge in [-0.3, -0.25) is 4.79 Å². The zero-order valence-corrected chi connectivity index (χ0v) is 12.2. The molecule has 6 nitrogen and oxygen atoms in total. The molecule has 7 heteroatoms. The highest BCUT2D eigenvalue weighted by molar-refractivity contribution is 7.11. The van der Waals surface area contributed by atoms with Gasteiger partial charge in [-0.05, 0) is 30.0 Å². The Morgan fingerprint density at radius 3 is 2.95 bits per heavy atom. The molecule has 2 aromatic heterocycles. The summed E-state index contributed by atoms with van der Waals surface area (Å²) in [6.07, 6.45) is 6.20. The minimum atomic E-state index is -1.08. The predicted octanol–water partition coefficient (Wildman–Crippen LogP) is 1.60. The molecule has 0 unspecified atom stereocenters. The topological polar surface area (TPSA) is 95.1 Å². The van der Waals surface area contributed by atoms with Crippen molar-refractivity contribution in [2.24, 2.45) is 0 Å². The van der Waals surface area contributed by atoms with Crippen LogP contribution in [-0.2, 0) is 16.0 Å². The molecule has 1 atom stereocenters. The molecule has 0 saturated heterocycles. The highest BCUT2D eigenvalue weighted by Crippen LogP contribution is 2.16. The average molecular weight is 305 g/mol. The van der Waals surface area contributed by atoms with Crippen molar-refractivity contribution >= 4 is 29.3 Å². The molecule has 1 amide bonds. The third kappa shape index (κ3) is 4.28. The summed E-state index contributed by atoms with van der Waals surface area (Å²) >= 11 is 1.52. The van der Waals surface area contributed by atoms with Gasteiger partial charge >= 0.3 is 5.97 Å². The number of thiophene rings is 1. The lowest BCUT2D eigenvalue weighted by atomic mass is 10.1. The smallest absolute Gasteiger partial charge is 0.326 e. The lowest BCUT2D eigenvalue weighted by Crippen LogP contribution is -2.41. The van der Waals surface area contributed by atoms with Crippen LogP contribution in [0.5, 0.6) is 0 Å². The quantitative estimate of drug-likeness (QED) is 0.706. The largest absolute Gasteiger partial charge is 0.480 e. The molecule has 21 heavy (non-hydrogen) atoms. The number of carboxylic acid groups (broad SMARTS) is 1. The summed E-state index contributed by atoms with van der Waals surface area (Å²) in [6.45, 7) is 1.95. The number of imidazole rings is 1. The molecule has 0 bridgehead atoms. The van der Waals surface area contributed by atoms with Gasteiger partial charge in [0.15, 0.2) is 0 Å². The van der Waals surface area contributed by atoms with Crippen LogP contribution < -0.4 is 5.32 Å². The Hall–Kier alpha value is -2.41. The number of aromatic amines is 1. The zero-order valence-electron chi connectivity index (χ0n) is 11.4. The van der Waals surface area contributed by atoms with Crippen LogP contribution >= 0.6 is 11.3 Å². The summed E-state index contributed by atoms with van der Waals surface area (Å²) in [5.74, 6) is -1.52. The molecule has 3 N–H and O–H groups in total. The Bertz CT molecular complexity index is 646. The summed E-state index contributed by atoms with van der Waals surface area (Å²) < 4.78 is 0. The number of carbonyl (C=O) groups is 2. The Morgan fingerprint density at radius 1 is 1.57 bits per heavy atom. The van der Waals surface area contributed by atoms with Gasteiger partial charge in [0.1, 0.15) is 6.04 Å². The van der Waals surface area contributed by atoms with Gasteiger partial charge in [0.2, 0.25) is 5.91 Å². The van der Waals surface area contributed by atoms with E-state index < -0.39 is 17.9 Å². The van der Waals surface area contributed by atoms with Crippen molar-refractivity contribution in [1.29, 1.82) is 0 Å². The first-order valence-electron chi connectivity index (χ1n) is 6.29. The average Bonchev–Trinajstić information content (AvgIpc) is 3.07. The van der Waals surface area contributed by atoms with Gasteiger partial charge in [0.25, 0.3) is 0 Å². The number of rotatable bonds is 6. The van der Waals surface area contributed by atoms with Gasteiger partial charge in [-0.15, -0.1) is 11.3 Å². The highest BCUT2D eigenvalue weighted by atomic mass is 32.1. The summed E-state index contributed by atoms with van der Waals surface area (Å²) in [5.41, 5.74) is 1.73. The molecular formula is C14H15N3O3S. The molecular weight excluding hydrogens is 290 g/mol. The van der Waals surface area contributed by atoms with E-state index in [2.05, 4.69) is 15.3 Å². The first-order valence-corrected chi connectivity index (χ1v) is 7.17. The molecule has 2 aromatic rings. The van der Waals surface area contributed by atoms with E-state index >= 15 is 0 Å². The van der Waals surface area contributed by atoms with Crippen molar-refractivity contribution in [3.63, 3.8) is 0 Å². The summed E-state index contributed by atoms with van der Waals surface area (Å²) in [6, 6.07) is 0.965. The van der Waals surface area contributed by atoms with E-state index in [9.17, 15) is 9.59 Å².